The average molecular weight is 628 g/mol. The van der Waals surface area contributed by atoms with E-state index in [0.717, 1.165) is 30.3 Å². The zero-order valence-electron chi connectivity index (χ0n) is 22.9. The third-order valence-electron chi connectivity index (χ3n) is 6.86. The SMILES string of the molecule is O=c1cc2oc(-c3cc(O)c(O)c(O)c3)c(O[C@@H]3O[C@H](COC(=[OH+])C=Cc4ccc(O)c(O)c4)[C@@H](O)[C@H](O)[C@H]3O)cc-2c(O)c1. The zero-order valence-corrected chi connectivity index (χ0v) is 22.9. The minimum atomic E-state index is -1.88. The van der Waals surface area contributed by atoms with Crippen molar-refractivity contribution < 1.29 is 69.4 Å². The summed E-state index contributed by atoms with van der Waals surface area (Å²) >= 11 is 0. The van der Waals surface area contributed by atoms with Crippen LogP contribution in [0.1, 0.15) is 5.56 Å². The first-order valence-electron chi connectivity index (χ1n) is 13.1. The van der Waals surface area contributed by atoms with E-state index in [9.17, 15) is 55.5 Å². The molecular formula is C30H27O15+. The van der Waals surface area contributed by atoms with Crippen LogP contribution in [0, 0.1) is 0 Å². The second kappa shape index (κ2) is 12.3. The number of ether oxygens (including phenoxy) is 3. The number of hydrogen-bond acceptors (Lipinski definition) is 14. The van der Waals surface area contributed by atoms with E-state index >= 15 is 0 Å². The van der Waals surface area contributed by atoms with Gasteiger partial charge in [0, 0.05) is 17.7 Å². The van der Waals surface area contributed by atoms with E-state index in [1.54, 1.807) is 0 Å². The summed E-state index contributed by atoms with van der Waals surface area (Å²) in [7, 11) is 0. The van der Waals surface area contributed by atoms with Gasteiger partial charge in [0.15, 0.2) is 51.8 Å². The molecule has 1 fully saturated rings. The van der Waals surface area contributed by atoms with Gasteiger partial charge in [-0.05, 0) is 42.0 Å². The average Bonchev–Trinajstić information content (AvgIpc) is 2.99. The predicted molar refractivity (Wildman–Crippen MR) is 153 cm³/mol. The maximum absolute atomic E-state index is 12.0. The summed E-state index contributed by atoms with van der Waals surface area (Å²) in [5, 5.41) is 90.9. The molecule has 0 saturated carbocycles. The fourth-order valence-corrected chi connectivity index (χ4v) is 4.50. The molecule has 2 aromatic rings. The second-order valence-corrected chi connectivity index (χ2v) is 10.0. The minimum absolute atomic E-state index is 0.0282. The van der Waals surface area contributed by atoms with E-state index in [1.165, 1.54) is 30.3 Å². The van der Waals surface area contributed by atoms with E-state index < -0.39 is 71.7 Å². The molecule has 2 heterocycles. The molecule has 45 heavy (non-hydrogen) atoms. The van der Waals surface area contributed by atoms with Crippen molar-refractivity contribution in [1.82, 2.24) is 0 Å². The molecule has 15 nitrogen and oxygen atoms in total. The largest absolute Gasteiger partial charge is 0.510 e. The van der Waals surface area contributed by atoms with Crippen LogP contribution in [0.2, 0.25) is 0 Å². The van der Waals surface area contributed by atoms with Gasteiger partial charge in [-0.3, -0.25) is 4.79 Å². The zero-order chi connectivity index (χ0) is 32.6. The number of aliphatic hydroxyl groups is 3. The van der Waals surface area contributed by atoms with Crippen LogP contribution in [0.15, 0.2) is 63.8 Å². The van der Waals surface area contributed by atoms with E-state index in [-0.39, 0.29) is 39.9 Å². The summed E-state index contributed by atoms with van der Waals surface area (Å²) in [5.74, 6) is -4.92. The Morgan fingerprint density at radius 2 is 1.53 bits per heavy atom. The fraction of sp³-hybridized carbons (Fsp3) is 0.200. The Hall–Kier alpha value is -5.48. The molecule has 1 saturated heterocycles. The number of fused-ring (bicyclic) bond motifs is 1. The lowest BCUT2D eigenvalue weighted by molar-refractivity contribution is -0.276. The van der Waals surface area contributed by atoms with Crippen LogP contribution in [0.5, 0.6) is 40.2 Å². The van der Waals surface area contributed by atoms with Gasteiger partial charge < -0.3 is 69.4 Å². The van der Waals surface area contributed by atoms with Crippen molar-refractivity contribution in [2.45, 2.75) is 30.7 Å². The van der Waals surface area contributed by atoms with E-state index in [1.807, 2.05) is 0 Å². The van der Waals surface area contributed by atoms with Gasteiger partial charge in [-0.15, -0.1) is 0 Å². The topological polar surface area (TPSA) is 261 Å². The first-order chi connectivity index (χ1) is 21.3. The van der Waals surface area contributed by atoms with Gasteiger partial charge in [0.25, 0.3) is 0 Å². The number of carbonyl (C=O) groups excluding carboxylic acids is 1. The normalized spacial score (nSPS) is 21.6. The van der Waals surface area contributed by atoms with Crippen LogP contribution < -0.4 is 10.2 Å². The molecule has 10 N–H and O–H groups in total. The van der Waals surface area contributed by atoms with Gasteiger partial charge in [0.2, 0.25) is 12.9 Å². The first-order valence-corrected chi connectivity index (χ1v) is 13.1. The molecular weight excluding hydrogens is 600 g/mol. The molecule has 0 aromatic heterocycles. The molecule has 2 aliphatic heterocycles. The molecule has 5 rings (SSSR count). The molecule has 1 aliphatic carbocycles. The van der Waals surface area contributed by atoms with Gasteiger partial charge >= 0.3 is 5.97 Å². The maximum atomic E-state index is 12.0. The lowest BCUT2D eigenvalue weighted by Gasteiger charge is -2.39. The smallest absolute Gasteiger partial charge is 0.507 e. The monoisotopic (exact) mass is 627 g/mol. The Kier molecular flexibility index (Phi) is 8.43. The van der Waals surface area contributed by atoms with Crippen molar-refractivity contribution >= 4 is 12.0 Å². The number of phenolic OH excluding ortho intramolecular Hbond substituents is 6. The third-order valence-corrected chi connectivity index (χ3v) is 6.86. The summed E-state index contributed by atoms with van der Waals surface area (Å²) in [6, 6.07) is 9.02. The second-order valence-electron chi connectivity index (χ2n) is 10.0. The number of phenols is 6. The molecule has 15 heteroatoms. The highest BCUT2D eigenvalue weighted by Gasteiger charge is 2.47. The standard InChI is InChI=1S/C30H26O15/c31-14-8-17(33)15-10-22(29(43-21(15)9-14)13-6-19(35)25(38)20(36)7-13)44-30-28(41)27(40)26(39)23(45-30)11-42-24(37)4-2-12-1-3-16(32)18(34)5-12/h1-10,23,26-28,30,32-36,38-41H,11H2/p+1/t23-,26-,27+,28-,30-/m1/s1. The van der Waals surface area contributed by atoms with Crippen LogP contribution in [0.4, 0.5) is 0 Å². The maximum Gasteiger partial charge on any atom is 0.510 e. The number of aliphatic hydroxyl groups excluding tert-OH is 3. The number of aromatic hydroxyl groups is 6. The molecule has 0 bridgehead atoms. The summed E-state index contributed by atoms with van der Waals surface area (Å²) in [6.45, 7) is -0.566. The van der Waals surface area contributed by atoms with Gasteiger partial charge in [0.1, 0.15) is 29.8 Å². The fourth-order valence-electron chi connectivity index (χ4n) is 4.50. The van der Waals surface area contributed by atoms with E-state index in [2.05, 4.69) is 0 Å². The van der Waals surface area contributed by atoms with Crippen molar-refractivity contribution in [2.75, 3.05) is 6.61 Å². The molecule has 2 aromatic carbocycles. The van der Waals surface area contributed by atoms with Crippen molar-refractivity contribution in [3.63, 3.8) is 0 Å². The van der Waals surface area contributed by atoms with E-state index in [4.69, 9.17) is 18.6 Å². The number of benzene rings is 3. The van der Waals surface area contributed by atoms with Crippen molar-refractivity contribution in [2.24, 2.45) is 0 Å². The molecule has 0 spiro atoms. The summed E-state index contributed by atoms with van der Waals surface area (Å²) < 4.78 is 22.4. The van der Waals surface area contributed by atoms with Crippen molar-refractivity contribution in [3.8, 4) is 62.9 Å². The first kappa shape index (κ1) is 31.0. The molecule has 3 aliphatic rings. The summed E-state index contributed by atoms with van der Waals surface area (Å²) in [5.41, 5.74) is -0.332. The Morgan fingerprint density at radius 3 is 2.22 bits per heavy atom. The predicted octanol–water partition coefficient (Wildman–Crippen LogP) is 1.06. The van der Waals surface area contributed by atoms with Gasteiger partial charge in [-0.2, -0.15) is 0 Å². The van der Waals surface area contributed by atoms with E-state index in [0.29, 0.717) is 5.56 Å². The van der Waals surface area contributed by atoms with Gasteiger partial charge in [0.05, 0.1) is 11.6 Å². The van der Waals surface area contributed by atoms with Crippen LogP contribution in [-0.2, 0) is 9.47 Å². The highest BCUT2D eigenvalue weighted by Crippen LogP contribution is 2.45. The highest BCUT2D eigenvalue weighted by molar-refractivity contribution is 5.88. The number of rotatable bonds is 7. The van der Waals surface area contributed by atoms with Crippen molar-refractivity contribution in [1.29, 1.82) is 0 Å². The Balaban J connectivity index is 1.41. The summed E-state index contributed by atoms with van der Waals surface area (Å²) in [4.78, 5) is 22.1. The minimum Gasteiger partial charge on any atom is -0.507 e. The van der Waals surface area contributed by atoms with Gasteiger partial charge in [-0.1, -0.05) is 6.07 Å². The Labute approximate surface area is 252 Å². The number of esters is 1. The molecule has 0 radical (unpaired) electrons. The lowest BCUT2D eigenvalue weighted by Crippen LogP contribution is -2.60. The molecule has 0 amide bonds. The quantitative estimate of drug-likeness (QED) is 0.0601. The third kappa shape index (κ3) is 6.41. The number of hydrogen-bond donors (Lipinski definition) is 9. The molecule has 236 valence electrons. The Bertz CT molecular complexity index is 1770. The van der Waals surface area contributed by atoms with Crippen LogP contribution in [-0.4, -0.2) is 94.0 Å². The molecule has 0 unspecified atom stereocenters. The van der Waals surface area contributed by atoms with Crippen LogP contribution >= 0.6 is 0 Å². The molecule has 5 atom stereocenters. The Morgan fingerprint density at radius 1 is 0.822 bits per heavy atom. The lowest BCUT2D eigenvalue weighted by atomic mass is 9.99. The van der Waals surface area contributed by atoms with Crippen LogP contribution in [0.3, 0.4) is 0 Å². The van der Waals surface area contributed by atoms with Crippen molar-refractivity contribution in [3.05, 3.63) is 70.4 Å². The highest BCUT2D eigenvalue weighted by atomic mass is 16.7. The van der Waals surface area contributed by atoms with Gasteiger partial charge in [-0.25, -0.2) is 0 Å². The van der Waals surface area contributed by atoms with Crippen LogP contribution in [0.25, 0.3) is 28.7 Å². The summed E-state index contributed by atoms with van der Waals surface area (Å²) in [6.07, 6.45) is -6.16.